The third kappa shape index (κ3) is 3.24. The summed E-state index contributed by atoms with van der Waals surface area (Å²) in [4.78, 5) is 26.9. The summed E-state index contributed by atoms with van der Waals surface area (Å²) in [6, 6.07) is 11.3. The van der Waals surface area contributed by atoms with E-state index in [2.05, 4.69) is 21.3 Å². The molecule has 1 N–H and O–H groups in total. The summed E-state index contributed by atoms with van der Waals surface area (Å²) in [5, 5.41) is 3.58. The quantitative estimate of drug-likeness (QED) is 0.642. The molecule has 2 fully saturated rings. The molecule has 0 unspecified atom stereocenters. The van der Waals surface area contributed by atoms with Crippen LogP contribution in [0.15, 0.2) is 42.6 Å². The van der Waals surface area contributed by atoms with Crippen LogP contribution in [0.5, 0.6) is 5.75 Å². The number of hydrogen-bond donors (Lipinski definition) is 1. The highest BCUT2D eigenvalue weighted by Gasteiger charge is 2.39. The number of rotatable bonds is 4. The van der Waals surface area contributed by atoms with Crippen LogP contribution in [0, 0.1) is 12.7 Å². The van der Waals surface area contributed by atoms with Gasteiger partial charge in [-0.25, -0.2) is 9.37 Å². The molecule has 1 amide bonds. The standard InChI is InChI=1S/C26H26FN5O2/c1-15-12-22(31-11-8-19-20(31)7-10-28-19)30-23(13-15)32-14-17-16(26(32)33)6-9-29-25(17)24-18(27)4-3-5-21(24)34-2/h3-6,9,12-13,19-20,28H,7-8,10-11,14H2,1-2H3/t19-,20-/m0/s1. The van der Waals surface area contributed by atoms with Gasteiger partial charge >= 0.3 is 0 Å². The van der Waals surface area contributed by atoms with E-state index in [9.17, 15) is 9.18 Å². The molecule has 0 bridgehead atoms. The first kappa shape index (κ1) is 21.0. The number of fused-ring (bicyclic) bond motifs is 2. The number of carbonyl (C=O) groups excluding carboxylic acids is 1. The third-order valence-electron chi connectivity index (χ3n) is 7.19. The Bertz CT molecular complexity index is 1300. The molecule has 6 rings (SSSR count). The zero-order valence-electron chi connectivity index (χ0n) is 19.2. The van der Waals surface area contributed by atoms with Gasteiger partial charge in [-0.15, -0.1) is 0 Å². The van der Waals surface area contributed by atoms with Crippen LogP contribution >= 0.6 is 0 Å². The highest BCUT2D eigenvalue weighted by Crippen LogP contribution is 2.39. The molecule has 3 aliphatic rings. The van der Waals surface area contributed by atoms with Gasteiger partial charge in [0.15, 0.2) is 0 Å². The van der Waals surface area contributed by atoms with Crippen LogP contribution in [0.4, 0.5) is 16.0 Å². The molecule has 7 nitrogen and oxygen atoms in total. The highest BCUT2D eigenvalue weighted by atomic mass is 19.1. The normalized spacial score (nSPS) is 21.2. The number of amides is 1. The molecule has 0 radical (unpaired) electrons. The average Bonchev–Trinajstić information content (AvgIpc) is 3.53. The van der Waals surface area contributed by atoms with Crippen molar-refractivity contribution in [2.75, 3.05) is 30.0 Å². The molecule has 3 aromatic rings. The molecule has 0 saturated carbocycles. The van der Waals surface area contributed by atoms with Gasteiger partial charge in [0.25, 0.3) is 5.91 Å². The zero-order valence-corrected chi connectivity index (χ0v) is 19.2. The van der Waals surface area contributed by atoms with Crippen molar-refractivity contribution in [3.05, 3.63) is 65.1 Å². The van der Waals surface area contributed by atoms with E-state index in [0.29, 0.717) is 40.5 Å². The van der Waals surface area contributed by atoms with Gasteiger partial charge in [0.2, 0.25) is 0 Å². The summed E-state index contributed by atoms with van der Waals surface area (Å²) in [5.74, 6) is 1.31. The Kier molecular flexibility index (Phi) is 4.99. The fourth-order valence-electron chi connectivity index (χ4n) is 5.60. The lowest BCUT2D eigenvalue weighted by molar-refractivity contribution is 0.0996. The van der Waals surface area contributed by atoms with Crippen LogP contribution in [-0.2, 0) is 6.54 Å². The molecule has 2 aromatic heterocycles. The number of methoxy groups -OCH3 is 1. The number of nitrogens with zero attached hydrogens (tertiary/aromatic N) is 4. The first-order valence-corrected chi connectivity index (χ1v) is 11.7. The van der Waals surface area contributed by atoms with E-state index < -0.39 is 5.82 Å². The summed E-state index contributed by atoms with van der Waals surface area (Å²) < 4.78 is 20.3. The minimum Gasteiger partial charge on any atom is -0.496 e. The van der Waals surface area contributed by atoms with E-state index in [-0.39, 0.29) is 18.0 Å². The monoisotopic (exact) mass is 459 g/mol. The van der Waals surface area contributed by atoms with Gasteiger partial charge in [-0.3, -0.25) is 14.7 Å². The molecule has 1 aromatic carbocycles. The molecule has 2 atom stereocenters. The number of ether oxygens (including phenoxy) is 1. The first-order chi connectivity index (χ1) is 16.5. The van der Waals surface area contributed by atoms with Crippen molar-refractivity contribution in [2.24, 2.45) is 0 Å². The molecule has 0 aliphatic carbocycles. The van der Waals surface area contributed by atoms with E-state index in [0.717, 1.165) is 37.3 Å². The molecular formula is C26H26FN5O2. The molecule has 8 heteroatoms. The lowest BCUT2D eigenvalue weighted by Crippen LogP contribution is -2.35. The first-order valence-electron chi connectivity index (χ1n) is 11.7. The van der Waals surface area contributed by atoms with E-state index in [1.165, 1.54) is 13.2 Å². The minimum absolute atomic E-state index is 0.153. The Morgan fingerprint density at radius 2 is 2.03 bits per heavy atom. The van der Waals surface area contributed by atoms with Gasteiger partial charge in [0.05, 0.1) is 24.9 Å². The van der Waals surface area contributed by atoms with E-state index in [1.54, 1.807) is 29.3 Å². The van der Waals surface area contributed by atoms with Crippen LogP contribution < -0.4 is 19.9 Å². The fraction of sp³-hybridized carbons (Fsp3) is 0.346. The van der Waals surface area contributed by atoms with Gasteiger partial charge in [-0.05, 0) is 62.2 Å². The number of carbonyl (C=O) groups is 1. The molecular weight excluding hydrogens is 433 g/mol. The summed E-state index contributed by atoms with van der Waals surface area (Å²) >= 11 is 0. The fourth-order valence-corrected chi connectivity index (χ4v) is 5.60. The largest absolute Gasteiger partial charge is 0.496 e. The number of hydrogen-bond acceptors (Lipinski definition) is 6. The number of nitrogens with one attached hydrogen (secondary N) is 1. The van der Waals surface area contributed by atoms with E-state index in [4.69, 9.17) is 9.72 Å². The smallest absolute Gasteiger partial charge is 0.260 e. The van der Waals surface area contributed by atoms with Gasteiger partial charge in [-0.2, -0.15) is 0 Å². The molecule has 0 spiro atoms. The lowest BCUT2D eigenvalue weighted by Gasteiger charge is -2.26. The van der Waals surface area contributed by atoms with Crippen LogP contribution in [0.3, 0.4) is 0 Å². The second-order valence-corrected chi connectivity index (χ2v) is 9.15. The molecule has 3 aliphatic heterocycles. The van der Waals surface area contributed by atoms with Gasteiger partial charge in [-0.1, -0.05) is 6.07 Å². The van der Waals surface area contributed by atoms with Gasteiger partial charge < -0.3 is 15.0 Å². The predicted octanol–water partition coefficient (Wildman–Crippen LogP) is 3.70. The summed E-state index contributed by atoms with van der Waals surface area (Å²) in [5.41, 5.74) is 2.94. The Morgan fingerprint density at radius 1 is 1.18 bits per heavy atom. The van der Waals surface area contributed by atoms with Crippen LogP contribution in [0.1, 0.15) is 34.3 Å². The molecule has 2 saturated heterocycles. The third-order valence-corrected chi connectivity index (χ3v) is 7.19. The van der Waals surface area contributed by atoms with Crippen molar-refractivity contribution in [1.29, 1.82) is 0 Å². The maximum absolute atomic E-state index is 14.9. The van der Waals surface area contributed by atoms with Crippen molar-refractivity contribution in [2.45, 2.75) is 38.4 Å². The Morgan fingerprint density at radius 3 is 2.88 bits per heavy atom. The Hall–Kier alpha value is -3.52. The van der Waals surface area contributed by atoms with E-state index >= 15 is 0 Å². The predicted molar refractivity (Wildman–Crippen MR) is 128 cm³/mol. The summed E-state index contributed by atoms with van der Waals surface area (Å²) in [6.07, 6.45) is 3.75. The van der Waals surface area contributed by atoms with Crippen molar-refractivity contribution in [3.63, 3.8) is 0 Å². The molecule has 34 heavy (non-hydrogen) atoms. The maximum Gasteiger partial charge on any atom is 0.260 e. The second kappa shape index (κ2) is 8.06. The summed E-state index contributed by atoms with van der Waals surface area (Å²) in [7, 11) is 1.50. The Balaban J connectivity index is 1.39. The summed E-state index contributed by atoms with van der Waals surface area (Å²) in [6.45, 7) is 4.28. The number of pyridine rings is 2. The van der Waals surface area contributed by atoms with Gasteiger partial charge in [0, 0.05) is 36.0 Å². The van der Waals surface area contributed by atoms with Crippen molar-refractivity contribution in [1.82, 2.24) is 15.3 Å². The number of aryl methyl sites for hydroxylation is 1. The topological polar surface area (TPSA) is 70.6 Å². The van der Waals surface area contributed by atoms with Crippen LogP contribution in [-0.4, -0.2) is 48.2 Å². The number of halogens is 1. The van der Waals surface area contributed by atoms with Gasteiger partial charge in [0.1, 0.15) is 23.2 Å². The lowest BCUT2D eigenvalue weighted by atomic mass is 10.0. The van der Waals surface area contributed by atoms with Crippen molar-refractivity contribution in [3.8, 4) is 17.0 Å². The minimum atomic E-state index is -0.434. The molecule has 174 valence electrons. The van der Waals surface area contributed by atoms with Crippen LogP contribution in [0.25, 0.3) is 11.3 Å². The highest BCUT2D eigenvalue weighted by molar-refractivity contribution is 6.10. The van der Waals surface area contributed by atoms with Crippen LogP contribution in [0.2, 0.25) is 0 Å². The second-order valence-electron chi connectivity index (χ2n) is 9.15. The SMILES string of the molecule is COc1cccc(F)c1-c1nccc2c1CN(c1cc(C)cc(N3CC[C@@H]4NCC[C@@H]43)n1)C2=O. The Labute approximate surface area is 197 Å². The molecule has 5 heterocycles. The average molecular weight is 460 g/mol. The number of anilines is 2. The maximum atomic E-state index is 14.9. The van der Waals surface area contributed by atoms with Crippen molar-refractivity contribution < 1.29 is 13.9 Å². The number of benzene rings is 1. The van der Waals surface area contributed by atoms with E-state index in [1.807, 2.05) is 13.0 Å². The van der Waals surface area contributed by atoms with Crippen molar-refractivity contribution >= 4 is 17.5 Å². The number of aromatic nitrogens is 2. The zero-order chi connectivity index (χ0) is 23.4.